The minimum atomic E-state index is -0.505. The Hall–Kier alpha value is -2.14. The normalized spacial score (nSPS) is 12.2. The van der Waals surface area contributed by atoms with Crippen LogP contribution in [0.1, 0.15) is 28.6 Å². The monoisotopic (exact) mass is 274 g/mol. The van der Waals surface area contributed by atoms with Crippen LogP contribution in [-0.2, 0) is 16.1 Å². The first kappa shape index (κ1) is 14.3. The first-order valence-corrected chi connectivity index (χ1v) is 6.41. The highest BCUT2D eigenvalue weighted by molar-refractivity contribution is 5.77. The van der Waals surface area contributed by atoms with Gasteiger partial charge in [0.1, 0.15) is 11.8 Å². The molecule has 1 aromatic carbocycles. The molecule has 5 heteroatoms. The second-order valence-electron chi connectivity index (χ2n) is 4.55. The number of ether oxygens (including phenoxy) is 1. The molecular weight excluding hydrogens is 256 g/mol. The predicted octanol–water partition coefficient (Wildman–Crippen LogP) is 2.30. The Labute approximate surface area is 117 Å². The molecule has 0 bridgehead atoms. The summed E-state index contributed by atoms with van der Waals surface area (Å²) in [4.78, 5) is 11.9. The molecule has 0 amide bonds. The fraction of sp³-hybridized carbons (Fsp3) is 0.333. The molecule has 1 heterocycles. The molecular formula is C15H18N2O3. The molecule has 0 fully saturated rings. The number of nitrogens with zero attached hydrogens (tertiary/aromatic N) is 1. The second-order valence-corrected chi connectivity index (χ2v) is 4.55. The highest BCUT2D eigenvalue weighted by Gasteiger charge is 2.21. The van der Waals surface area contributed by atoms with Crippen LogP contribution in [0.4, 0.5) is 0 Å². The molecule has 0 aliphatic rings. The van der Waals surface area contributed by atoms with Crippen LogP contribution in [0, 0.1) is 13.8 Å². The van der Waals surface area contributed by atoms with Crippen LogP contribution in [0.3, 0.4) is 0 Å². The molecule has 2 aromatic rings. The molecule has 0 aliphatic carbocycles. The molecule has 1 unspecified atom stereocenters. The third kappa shape index (κ3) is 3.05. The van der Waals surface area contributed by atoms with Gasteiger partial charge in [-0.25, -0.2) is 4.79 Å². The number of carbonyl (C=O) groups is 1. The lowest BCUT2D eigenvalue weighted by Gasteiger charge is -2.16. The highest BCUT2D eigenvalue weighted by atomic mass is 16.5. The van der Waals surface area contributed by atoms with E-state index >= 15 is 0 Å². The van der Waals surface area contributed by atoms with Crippen molar-refractivity contribution in [3.05, 3.63) is 52.9 Å². The van der Waals surface area contributed by atoms with Crippen molar-refractivity contribution in [3.8, 4) is 0 Å². The summed E-state index contributed by atoms with van der Waals surface area (Å²) in [5.74, 6) is 0.439. The van der Waals surface area contributed by atoms with Gasteiger partial charge in [0.25, 0.3) is 0 Å². The molecule has 20 heavy (non-hydrogen) atoms. The minimum absolute atomic E-state index is 0.317. The van der Waals surface area contributed by atoms with Gasteiger partial charge in [-0.3, -0.25) is 5.32 Å². The number of hydrogen-bond acceptors (Lipinski definition) is 5. The van der Waals surface area contributed by atoms with Gasteiger partial charge in [0.2, 0.25) is 0 Å². The fourth-order valence-electron chi connectivity index (χ4n) is 2.06. The lowest BCUT2D eigenvalue weighted by atomic mass is 10.1. The van der Waals surface area contributed by atoms with Crippen molar-refractivity contribution < 1.29 is 14.1 Å². The zero-order valence-electron chi connectivity index (χ0n) is 11.8. The van der Waals surface area contributed by atoms with E-state index in [-0.39, 0.29) is 5.97 Å². The number of nitrogens with one attached hydrogen (secondary N) is 1. The Morgan fingerprint density at radius 1 is 1.35 bits per heavy atom. The van der Waals surface area contributed by atoms with Crippen molar-refractivity contribution in [1.29, 1.82) is 0 Å². The predicted molar refractivity (Wildman–Crippen MR) is 74.0 cm³/mol. The molecule has 1 aromatic heterocycles. The highest BCUT2D eigenvalue weighted by Crippen LogP contribution is 2.17. The summed E-state index contributed by atoms with van der Waals surface area (Å²) in [6.45, 7) is 4.23. The summed E-state index contributed by atoms with van der Waals surface area (Å²) >= 11 is 0. The van der Waals surface area contributed by atoms with E-state index in [0.29, 0.717) is 6.54 Å². The van der Waals surface area contributed by atoms with Crippen molar-refractivity contribution in [2.24, 2.45) is 0 Å². The molecule has 0 saturated carbocycles. The number of carbonyl (C=O) groups excluding carboxylic acids is 1. The van der Waals surface area contributed by atoms with E-state index in [1.165, 1.54) is 7.11 Å². The first-order chi connectivity index (χ1) is 9.63. The number of rotatable bonds is 5. The van der Waals surface area contributed by atoms with E-state index in [2.05, 4.69) is 10.5 Å². The number of hydrogen-bond donors (Lipinski definition) is 1. The van der Waals surface area contributed by atoms with E-state index in [1.807, 2.05) is 44.2 Å². The summed E-state index contributed by atoms with van der Waals surface area (Å²) in [5.41, 5.74) is 2.66. The van der Waals surface area contributed by atoms with Gasteiger partial charge in [-0.15, -0.1) is 0 Å². The Morgan fingerprint density at radius 2 is 2.05 bits per heavy atom. The lowest BCUT2D eigenvalue weighted by Crippen LogP contribution is -2.29. The first-order valence-electron chi connectivity index (χ1n) is 6.41. The van der Waals surface area contributed by atoms with Crippen molar-refractivity contribution in [2.45, 2.75) is 26.4 Å². The fourth-order valence-corrected chi connectivity index (χ4v) is 2.06. The van der Waals surface area contributed by atoms with Crippen molar-refractivity contribution in [3.63, 3.8) is 0 Å². The summed E-state index contributed by atoms with van der Waals surface area (Å²) in [7, 11) is 1.38. The third-order valence-electron chi connectivity index (χ3n) is 3.23. The van der Waals surface area contributed by atoms with Crippen molar-refractivity contribution in [1.82, 2.24) is 10.5 Å². The van der Waals surface area contributed by atoms with Gasteiger partial charge in [0.05, 0.1) is 12.8 Å². The topological polar surface area (TPSA) is 64.4 Å². The van der Waals surface area contributed by atoms with Crippen LogP contribution in [0.2, 0.25) is 0 Å². The van der Waals surface area contributed by atoms with Crippen LogP contribution in [0.5, 0.6) is 0 Å². The minimum Gasteiger partial charge on any atom is -0.468 e. The molecule has 2 rings (SSSR count). The number of aryl methyl sites for hydroxylation is 2. The maximum atomic E-state index is 11.9. The summed E-state index contributed by atoms with van der Waals surface area (Å²) in [6, 6.07) is 8.97. The zero-order chi connectivity index (χ0) is 14.5. The van der Waals surface area contributed by atoms with E-state index in [9.17, 15) is 4.79 Å². The summed E-state index contributed by atoms with van der Waals surface area (Å²) < 4.78 is 9.97. The van der Waals surface area contributed by atoms with Crippen LogP contribution in [0.15, 0.2) is 34.9 Å². The molecule has 1 atom stereocenters. The molecule has 106 valence electrons. The lowest BCUT2D eigenvalue weighted by molar-refractivity contribution is -0.143. The Bertz CT molecular complexity index is 559. The standard InChI is InChI=1S/C15H18N2O3/c1-10-13(11(2)20-17-10)9-16-14(15(18)19-3)12-7-5-4-6-8-12/h4-8,14,16H,9H2,1-3H3. The average molecular weight is 274 g/mol. The number of aromatic nitrogens is 1. The Balaban J connectivity index is 2.15. The largest absolute Gasteiger partial charge is 0.468 e. The summed E-state index contributed by atoms with van der Waals surface area (Å²) in [5, 5.41) is 7.10. The molecule has 0 spiro atoms. The average Bonchev–Trinajstić information content (AvgIpc) is 2.79. The van der Waals surface area contributed by atoms with Gasteiger partial charge in [0.15, 0.2) is 0 Å². The Kier molecular flexibility index (Phi) is 4.53. The van der Waals surface area contributed by atoms with Gasteiger partial charge in [-0.05, 0) is 19.4 Å². The van der Waals surface area contributed by atoms with Gasteiger partial charge in [0, 0.05) is 12.1 Å². The summed E-state index contributed by atoms with van der Waals surface area (Å²) in [6.07, 6.45) is 0. The third-order valence-corrected chi connectivity index (χ3v) is 3.23. The SMILES string of the molecule is COC(=O)C(NCc1c(C)noc1C)c1ccccc1. The van der Waals surface area contributed by atoms with Gasteiger partial charge in [-0.1, -0.05) is 35.5 Å². The van der Waals surface area contributed by atoms with E-state index in [0.717, 1.165) is 22.6 Å². The molecule has 0 aliphatic heterocycles. The van der Waals surface area contributed by atoms with E-state index in [4.69, 9.17) is 9.26 Å². The van der Waals surface area contributed by atoms with Gasteiger partial charge < -0.3 is 9.26 Å². The number of benzene rings is 1. The van der Waals surface area contributed by atoms with Crippen molar-refractivity contribution >= 4 is 5.97 Å². The van der Waals surface area contributed by atoms with Gasteiger partial charge in [-0.2, -0.15) is 0 Å². The second kappa shape index (κ2) is 6.34. The zero-order valence-corrected chi connectivity index (χ0v) is 11.8. The quantitative estimate of drug-likeness (QED) is 0.847. The van der Waals surface area contributed by atoms with E-state index < -0.39 is 6.04 Å². The van der Waals surface area contributed by atoms with Crippen LogP contribution in [-0.4, -0.2) is 18.2 Å². The van der Waals surface area contributed by atoms with Crippen LogP contribution in [0.25, 0.3) is 0 Å². The number of methoxy groups -OCH3 is 1. The van der Waals surface area contributed by atoms with E-state index in [1.54, 1.807) is 0 Å². The maximum Gasteiger partial charge on any atom is 0.327 e. The van der Waals surface area contributed by atoms with Gasteiger partial charge >= 0.3 is 5.97 Å². The molecule has 0 radical (unpaired) electrons. The maximum absolute atomic E-state index is 11.9. The molecule has 0 saturated heterocycles. The smallest absolute Gasteiger partial charge is 0.327 e. The van der Waals surface area contributed by atoms with Crippen LogP contribution >= 0.6 is 0 Å². The van der Waals surface area contributed by atoms with Crippen molar-refractivity contribution in [2.75, 3.05) is 7.11 Å². The number of esters is 1. The van der Waals surface area contributed by atoms with Crippen LogP contribution < -0.4 is 5.32 Å². The Morgan fingerprint density at radius 3 is 2.60 bits per heavy atom. The molecule has 1 N–H and O–H groups in total. The molecule has 5 nitrogen and oxygen atoms in total.